The van der Waals surface area contributed by atoms with Gasteiger partial charge in [-0.15, -0.1) is 6.58 Å². The number of hydrogen-bond donors (Lipinski definition) is 0. The van der Waals surface area contributed by atoms with Crippen molar-refractivity contribution in [1.29, 1.82) is 0 Å². The lowest BCUT2D eigenvalue weighted by Crippen LogP contribution is -2.25. The predicted molar refractivity (Wildman–Crippen MR) is 114 cm³/mol. The van der Waals surface area contributed by atoms with Crippen LogP contribution in [0.1, 0.15) is 75.3 Å². The monoisotopic (exact) mass is 364 g/mol. The largest absolute Gasteiger partial charge is 0.206 e. The van der Waals surface area contributed by atoms with Crippen LogP contribution < -0.4 is 0 Å². The Balaban J connectivity index is 1.41. The summed E-state index contributed by atoms with van der Waals surface area (Å²) in [4.78, 5) is 0. The minimum atomic E-state index is -0.0274. The van der Waals surface area contributed by atoms with Crippen molar-refractivity contribution in [3.63, 3.8) is 0 Å². The maximum atomic E-state index is 14.5. The maximum absolute atomic E-state index is 14.5. The van der Waals surface area contributed by atoms with E-state index < -0.39 is 0 Å². The summed E-state index contributed by atoms with van der Waals surface area (Å²) in [5.41, 5.74) is 2.24. The highest BCUT2D eigenvalue weighted by Crippen LogP contribution is 2.44. The lowest BCUT2D eigenvalue weighted by Gasteiger charge is -2.37. The number of benzene rings is 2. The molecule has 2 aliphatic rings. The smallest absolute Gasteiger partial charge is 0.134 e. The molecular formula is C26H33F. The van der Waals surface area contributed by atoms with Crippen molar-refractivity contribution in [2.75, 3.05) is 0 Å². The minimum Gasteiger partial charge on any atom is -0.206 e. The summed E-state index contributed by atoms with van der Waals surface area (Å²) in [6, 6.07) is 10.5. The molecule has 1 heteroatoms. The van der Waals surface area contributed by atoms with Gasteiger partial charge in [0.2, 0.25) is 0 Å². The molecule has 0 atom stereocenters. The van der Waals surface area contributed by atoms with Crippen LogP contribution in [0.15, 0.2) is 43.0 Å². The summed E-state index contributed by atoms with van der Waals surface area (Å²) in [5.74, 6) is 3.27. The van der Waals surface area contributed by atoms with E-state index in [2.05, 4.69) is 30.9 Å². The molecule has 0 heterocycles. The molecule has 0 aliphatic heterocycles. The number of hydrogen-bond acceptors (Lipinski definition) is 0. The van der Waals surface area contributed by atoms with Gasteiger partial charge in [0, 0.05) is 5.39 Å². The average Bonchev–Trinajstić information content (AvgIpc) is 2.74. The van der Waals surface area contributed by atoms with Gasteiger partial charge < -0.3 is 0 Å². The van der Waals surface area contributed by atoms with Crippen LogP contribution in [0.4, 0.5) is 4.39 Å². The van der Waals surface area contributed by atoms with E-state index in [1.54, 1.807) is 0 Å². The molecule has 0 bridgehead atoms. The van der Waals surface area contributed by atoms with Gasteiger partial charge in [-0.05, 0) is 98.0 Å². The molecule has 27 heavy (non-hydrogen) atoms. The first-order valence-corrected chi connectivity index (χ1v) is 11.0. The summed E-state index contributed by atoms with van der Waals surface area (Å²) >= 11 is 0. The zero-order valence-corrected chi connectivity index (χ0v) is 16.7. The van der Waals surface area contributed by atoms with Gasteiger partial charge in [-0.3, -0.25) is 0 Å². The van der Waals surface area contributed by atoms with Crippen molar-refractivity contribution >= 4 is 10.8 Å². The second kappa shape index (κ2) is 8.17. The molecule has 4 rings (SSSR count). The summed E-state index contributed by atoms with van der Waals surface area (Å²) in [7, 11) is 0. The fraction of sp³-hybridized carbons (Fsp3) is 0.538. The van der Waals surface area contributed by atoms with Crippen LogP contribution in [0.5, 0.6) is 0 Å². The molecule has 0 spiro atoms. The quantitative estimate of drug-likeness (QED) is 0.485. The normalized spacial score (nSPS) is 29.0. The average molecular weight is 365 g/mol. The van der Waals surface area contributed by atoms with Gasteiger partial charge in [0.05, 0.1) is 0 Å². The summed E-state index contributed by atoms with van der Waals surface area (Å²) < 4.78 is 14.5. The van der Waals surface area contributed by atoms with Crippen LogP contribution in [0, 0.1) is 23.6 Å². The molecule has 2 saturated carbocycles. The van der Waals surface area contributed by atoms with Gasteiger partial charge in [-0.1, -0.05) is 43.3 Å². The molecule has 2 aromatic rings. The molecule has 144 valence electrons. The highest BCUT2D eigenvalue weighted by molar-refractivity contribution is 5.84. The molecule has 0 radical (unpaired) electrons. The second-order valence-corrected chi connectivity index (χ2v) is 8.90. The standard InChI is InChI=1S/C26H33F/c1-3-18-5-7-20(8-6-18)21-10-12-22(13-11-21)23-15-16-25-24(17-23)14-9-19(4-2)26(25)27/h3,9,14-18,20-22H,1,4-8,10-13H2,2H3. The Labute approximate surface area is 163 Å². The molecule has 0 amide bonds. The van der Waals surface area contributed by atoms with Crippen molar-refractivity contribution in [3.8, 4) is 0 Å². The number of aryl methyl sites for hydroxylation is 1. The molecule has 0 unspecified atom stereocenters. The maximum Gasteiger partial charge on any atom is 0.134 e. The van der Waals surface area contributed by atoms with Gasteiger partial charge in [0.1, 0.15) is 5.82 Å². The molecule has 2 aromatic carbocycles. The third-order valence-corrected chi connectivity index (χ3v) is 7.50. The molecule has 0 N–H and O–H groups in total. The SMILES string of the molecule is C=CC1CCC(C2CCC(c3ccc4c(F)c(CC)ccc4c3)CC2)CC1. The highest BCUT2D eigenvalue weighted by atomic mass is 19.1. The molecule has 2 fully saturated rings. The highest BCUT2D eigenvalue weighted by Gasteiger charge is 2.30. The topological polar surface area (TPSA) is 0 Å². The molecular weight excluding hydrogens is 331 g/mol. The number of rotatable bonds is 4. The van der Waals surface area contributed by atoms with Crippen LogP contribution in [-0.4, -0.2) is 0 Å². The summed E-state index contributed by atoms with van der Waals surface area (Å²) in [5, 5.41) is 1.85. The minimum absolute atomic E-state index is 0.0274. The first kappa shape index (κ1) is 18.7. The van der Waals surface area contributed by atoms with Crippen LogP contribution in [0.25, 0.3) is 10.8 Å². The third-order valence-electron chi connectivity index (χ3n) is 7.50. The van der Waals surface area contributed by atoms with Gasteiger partial charge >= 0.3 is 0 Å². The Hall–Kier alpha value is -1.63. The van der Waals surface area contributed by atoms with Gasteiger partial charge in [-0.25, -0.2) is 4.39 Å². The van der Waals surface area contributed by atoms with E-state index in [4.69, 9.17) is 0 Å². The lowest BCUT2D eigenvalue weighted by atomic mass is 9.68. The van der Waals surface area contributed by atoms with Crippen molar-refractivity contribution in [1.82, 2.24) is 0 Å². The van der Waals surface area contributed by atoms with E-state index in [1.807, 2.05) is 19.1 Å². The second-order valence-electron chi connectivity index (χ2n) is 8.90. The molecule has 0 saturated heterocycles. The van der Waals surface area contributed by atoms with Crippen LogP contribution >= 0.6 is 0 Å². The van der Waals surface area contributed by atoms with Gasteiger partial charge in [0.15, 0.2) is 0 Å². The van der Waals surface area contributed by atoms with Crippen LogP contribution in [0.2, 0.25) is 0 Å². The fourth-order valence-corrected chi connectivity index (χ4v) is 5.66. The van der Waals surface area contributed by atoms with E-state index >= 15 is 0 Å². The Morgan fingerprint density at radius 2 is 1.59 bits per heavy atom. The van der Waals surface area contributed by atoms with E-state index in [0.717, 1.165) is 40.5 Å². The molecule has 0 aromatic heterocycles. The Kier molecular flexibility index (Phi) is 5.66. The Morgan fingerprint density at radius 1 is 0.926 bits per heavy atom. The zero-order chi connectivity index (χ0) is 18.8. The first-order chi connectivity index (χ1) is 13.2. The van der Waals surface area contributed by atoms with E-state index in [1.165, 1.54) is 56.9 Å². The van der Waals surface area contributed by atoms with E-state index in [9.17, 15) is 4.39 Å². The van der Waals surface area contributed by atoms with E-state index in [0.29, 0.717) is 5.92 Å². The predicted octanol–water partition coefficient (Wildman–Crippen LogP) is 7.81. The Morgan fingerprint density at radius 3 is 2.22 bits per heavy atom. The van der Waals surface area contributed by atoms with Crippen molar-refractivity contribution in [2.45, 2.75) is 70.6 Å². The fourth-order valence-electron chi connectivity index (χ4n) is 5.66. The lowest BCUT2D eigenvalue weighted by molar-refractivity contribution is 0.171. The van der Waals surface area contributed by atoms with Gasteiger partial charge in [-0.2, -0.15) is 0 Å². The summed E-state index contributed by atoms with van der Waals surface area (Å²) in [6.45, 7) is 5.99. The van der Waals surface area contributed by atoms with Crippen LogP contribution in [0.3, 0.4) is 0 Å². The van der Waals surface area contributed by atoms with Crippen LogP contribution in [-0.2, 0) is 6.42 Å². The van der Waals surface area contributed by atoms with Crippen molar-refractivity contribution in [2.24, 2.45) is 17.8 Å². The Bertz CT molecular complexity index is 789. The summed E-state index contributed by atoms with van der Waals surface area (Å²) in [6.07, 6.45) is 13.8. The zero-order valence-electron chi connectivity index (χ0n) is 16.7. The number of fused-ring (bicyclic) bond motifs is 1. The third kappa shape index (κ3) is 3.84. The van der Waals surface area contributed by atoms with Gasteiger partial charge in [0.25, 0.3) is 0 Å². The number of allylic oxidation sites excluding steroid dienone is 1. The first-order valence-electron chi connectivity index (χ1n) is 11.0. The van der Waals surface area contributed by atoms with Crippen molar-refractivity contribution in [3.05, 3.63) is 59.9 Å². The molecule has 0 nitrogen and oxygen atoms in total. The van der Waals surface area contributed by atoms with E-state index in [-0.39, 0.29) is 5.82 Å². The molecule has 2 aliphatic carbocycles. The number of halogens is 1. The van der Waals surface area contributed by atoms with Crippen molar-refractivity contribution < 1.29 is 4.39 Å².